The molecule has 2 atom stereocenters. The summed E-state index contributed by atoms with van der Waals surface area (Å²) in [5.74, 6) is -3.67. The Hall–Kier alpha value is -2.24. The number of hydrogen-bond acceptors (Lipinski definition) is 7. The third kappa shape index (κ3) is 6.14. The molecule has 0 radical (unpaired) electrons. The van der Waals surface area contributed by atoms with Crippen LogP contribution in [0.5, 0.6) is 0 Å². The van der Waals surface area contributed by atoms with Crippen molar-refractivity contribution in [2.24, 2.45) is 5.73 Å². The Morgan fingerprint density at radius 2 is 1.68 bits per heavy atom. The maximum Gasteiger partial charge on any atom is 0.339 e. The molecule has 2 fully saturated rings. The summed E-state index contributed by atoms with van der Waals surface area (Å²) in [7, 11) is 1.93. The lowest BCUT2D eigenvalue weighted by Gasteiger charge is -2.39. The third-order valence-electron chi connectivity index (χ3n) is 5.09. The van der Waals surface area contributed by atoms with Gasteiger partial charge < -0.3 is 26.4 Å². The van der Waals surface area contributed by atoms with Gasteiger partial charge >= 0.3 is 17.9 Å². The Morgan fingerprint density at radius 1 is 1.07 bits per heavy atom. The lowest BCUT2D eigenvalue weighted by molar-refractivity contribution is -0.161. The van der Waals surface area contributed by atoms with E-state index in [0.717, 1.165) is 45.3 Å². The Balaban J connectivity index is 0.000000280. The van der Waals surface area contributed by atoms with E-state index in [0.29, 0.717) is 0 Å². The molecule has 6 N–H and O–H groups in total. The second-order valence-electron chi connectivity index (χ2n) is 6.94. The molecule has 0 aromatic carbocycles. The molecule has 28 heavy (non-hydrogen) atoms. The zero-order valence-corrected chi connectivity index (χ0v) is 16.1. The number of likely N-dealkylation sites (tertiary alicyclic amines) is 2. The molecule has 0 unspecified atom stereocenters. The van der Waals surface area contributed by atoms with Gasteiger partial charge in [-0.3, -0.25) is 19.4 Å². The molecule has 0 aliphatic carbocycles. The Kier molecular flexibility index (Phi) is 9.29. The van der Waals surface area contributed by atoms with Crippen molar-refractivity contribution in [1.82, 2.24) is 15.1 Å². The summed E-state index contributed by atoms with van der Waals surface area (Å²) in [6, 6.07) is -1.19. The van der Waals surface area contributed by atoms with Crippen molar-refractivity contribution in [3.05, 3.63) is 0 Å². The zero-order chi connectivity index (χ0) is 21.3. The first-order valence-corrected chi connectivity index (χ1v) is 9.28. The molecule has 2 saturated heterocycles. The van der Waals surface area contributed by atoms with Gasteiger partial charge in [-0.15, -0.1) is 0 Å². The van der Waals surface area contributed by atoms with Crippen molar-refractivity contribution < 1.29 is 34.5 Å². The van der Waals surface area contributed by atoms with Crippen LogP contribution in [0.1, 0.15) is 38.5 Å². The van der Waals surface area contributed by atoms with E-state index >= 15 is 0 Å². The van der Waals surface area contributed by atoms with Crippen LogP contribution in [0.4, 0.5) is 0 Å². The highest BCUT2D eigenvalue weighted by molar-refractivity contribution is 5.84. The number of nitrogens with two attached hydrogens (primary N) is 1. The van der Waals surface area contributed by atoms with E-state index in [1.54, 1.807) is 0 Å². The Bertz CT molecular complexity index is 580. The zero-order valence-electron chi connectivity index (χ0n) is 16.1. The number of nitrogens with zero attached hydrogens (tertiary/aromatic N) is 2. The molecule has 0 aromatic rings. The molecule has 160 valence electrons. The van der Waals surface area contributed by atoms with E-state index < -0.39 is 35.5 Å². The highest BCUT2D eigenvalue weighted by Gasteiger charge is 2.51. The van der Waals surface area contributed by atoms with Crippen LogP contribution in [0.15, 0.2) is 0 Å². The minimum absolute atomic E-state index is 0.156. The van der Waals surface area contributed by atoms with Crippen molar-refractivity contribution in [1.29, 1.82) is 0 Å². The van der Waals surface area contributed by atoms with Crippen molar-refractivity contribution in [2.45, 2.75) is 50.2 Å². The molecule has 2 aliphatic heterocycles. The molecular weight excluding hydrogens is 372 g/mol. The first-order chi connectivity index (χ1) is 13.1. The average molecular weight is 402 g/mol. The van der Waals surface area contributed by atoms with Gasteiger partial charge in [-0.05, 0) is 39.2 Å². The van der Waals surface area contributed by atoms with Gasteiger partial charge in [-0.2, -0.15) is 0 Å². The van der Waals surface area contributed by atoms with Gasteiger partial charge in [0.15, 0.2) is 5.66 Å². The number of hydrogen-bond donors (Lipinski definition) is 5. The SMILES string of the molecule is CN1CCC[C@]1(C(=O)O)N1CCCC1.NCC(=O)N[C@@H](CCC(=O)O)C(=O)O. The lowest BCUT2D eigenvalue weighted by atomic mass is 10.1. The van der Waals surface area contributed by atoms with E-state index in [2.05, 4.69) is 10.2 Å². The fraction of sp³-hybridized carbons (Fsp3) is 0.765. The number of carboxylic acid groups (broad SMARTS) is 3. The predicted octanol–water partition coefficient (Wildman–Crippen LogP) is -1.03. The fourth-order valence-corrected chi connectivity index (χ4v) is 3.61. The van der Waals surface area contributed by atoms with Gasteiger partial charge in [0.25, 0.3) is 0 Å². The first kappa shape index (κ1) is 23.8. The minimum atomic E-state index is -1.27. The highest BCUT2D eigenvalue weighted by Crippen LogP contribution is 2.34. The molecular formula is C17H30N4O7. The Labute approximate surface area is 163 Å². The topological polar surface area (TPSA) is 173 Å². The summed E-state index contributed by atoms with van der Waals surface area (Å²) < 4.78 is 0. The van der Waals surface area contributed by atoms with Gasteiger partial charge in [0.2, 0.25) is 5.91 Å². The maximum absolute atomic E-state index is 11.4. The summed E-state index contributed by atoms with van der Waals surface area (Å²) in [4.78, 5) is 47.0. The highest BCUT2D eigenvalue weighted by atomic mass is 16.4. The summed E-state index contributed by atoms with van der Waals surface area (Å²) in [5, 5.41) is 28.4. The monoisotopic (exact) mass is 402 g/mol. The van der Waals surface area contributed by atoms with E-state index in [1.807, 2.05) is 11.9 Å². The smallest absolute Gasteiger partial charge is 0.339 e. The molecule has 1 amide bonds. The standard InChI is InChI=1S/C10H18N2O2.C7H12N2O5/c1-11-6-4-5-10(11,9(13)14)12-7-2-3-8-12;8-3-5(10)9-4(7(13)14)1-2-6(11)12/h2-8H2,1H3,(H,13,14);4H,1-3,8H2,(H,9,10)(H,11,12)(H,13,14)/t10-;4-/m10/s1. The largest absolute Gasteiger partial charge is 0.481 e. The van der Waals surface area contributed by atoms with Gasteiger partial charge in [0.05, 0.1) is 6.54 Å². The molecule has 11 heteroatoms. The third-order valence-corrected chi connectivity index (χ3v) is 5.09. The number of aliphatic carboxylic acids is 3. The number of carbonyl (C=O) groups is 4. The van der Waals surface area contributed by atoms with Crippen LogP contribution in [0.2, 0.25) is 0 Å². The molecule has 0 spiro atoms. The molecule has 0 aromatic heterocycles. The summed E-state index contributed by atoms with van der Waals surface area (Å²) in [5.41, 5.74) is 4.27. The normalized spacial score (nSPS) is 23.5. The number of carboxylic acids is 3. The predicted molar refractivity (Wildman–Crippen MR) is 98.5 cm³/mol. The van der Waals surface area contributed by atoms with Gasteiger partial charge in [-0.1, -0.05) is 0 Å². The molecule has 2 rings (SSSR count). The molecule has 2 heterocycles. The molecule has 2 aliphatic rings. The van der Waals surface area contributed by atoms with E-state index in [1.165, 1.54) is 0 Å². The first-order valence-electron chi connectivity index (χ1n) is 9.28. The van der Waals surface area contributed by atoms with Crippen LogP contribution < -0.4 is 11.1 Å². The lowest BCUT2D eigenvalue weighted by Crippen LogP contribution is -2.60. The minimum Gasteiger partial charge on any atom is -0.481 e. The number of rotatable bonds is 8. The summed E-state index contributed by atoms with van der Waals surface area (Å²) in [6.45, 7) is 2.47. The van der Waals surface area contributed by atoms with Crippen molar-refractivity contribution in [3.8, 4) is 0 Å². The fourth-order valence-electron chi connectivity index (χ4n) is 3.61. The van der Waals surface area contributed by atoms with Crippen LogP contribution in [0.3, 0.4) is 0 Å². The van der Waals surface area contributed by atoms with Crippen LogP contribution in [-0.4, -0.2) is 93.9 Å². The summed E-state index contributed by atoms with van der Waals surface area (Å²) >= 11 is 0. The number of amides is 1. The quantitative estimate of drug-likeness (QED) is 0.338. The second kappa shape index (κ2) is 10.9. The summed E-state index contributed by atoms with van der Waals surface area (Å²) in [6.07, 6.45) is 3.59. The average Bonchev–Trinajstić information content (AvgIpc) is 3.28. The molecule has 0 saturated carbocycles. The van der Waals surface area contributed by atoms with Crippen LogP contribution in [0.25, 0.3) is 0 Å². The van der Waals surface area contributed by atoms with E-state index in [-0.39, 0.29) is 19.4 Å². The second-order valence-corrected chi connectivity index (χ2v) is 6.94. The van der Waals surface area contributed by atoms with E-state index in [9.17, 15) is 24.3 Å². The van der Waals surface area contributed by atoms with Gasteiger partial charge in [0, 0.05) is 26.1 Å². The van der Waals surface area contributed by atoms with Crippen LogP contribution in [0, 0.1) is 0 Å². The van der Waals surface area contributed by atoms with Crippen LogP contribution >= 0.6 is 0 Å². The van der Waals surface area contributed by atoms with Crippen molar-refractivity contribution in [3.63, 3.8) is 0 Å². The Morgan fingerprint density at radius 3 is 2.07 bits per heavy atom. The molecule has 0 bridgehead atoms. The number of carbonyl (C=O) groups excluding carboxylic acids is 1. The van der Waals surface area contributed by atoms with E-state index in [4.69, 9.17) is 15.9 Å². The van der Waals surface area contributed by atoms with Crippen LogP contribution in [-0.2, 0) is 19.2 Å². The van der Waals surface area contributed by atoms with Gasteiger partial charge in [0.1, 0.15) is 6.04 Å². The van der Waals surface area contributed by atoms with Crippen molar-refractivity contribution in [2.75, 3.05) is 33.2 Å². The molecule has 11 nitrogen and oxygen atoms in total. The van der Waals surface area contributed by atoms with Crippen molar-refractivity contribution >= 4 is 23.8 Å². The maximum atomic E-state index is 11.4. The van der Waals surface area contributed by atoms with Gasteiger partial charge in [-0.25, -0.2) is 9.59 Å². The number of likely N-dealkylation sites (N-methyl/N-ethyl adjacent to an activating group) is 1. The number of nitrogens with one attached hydrogen (secondary N) is 1.